The number of nitrogens with zero attached hydrogens (tertiary/aromatic N) is 2. The lowest BCUT2D eigenvalue weighted by Crippen LogP contribution is -2.38. The average Bonchev–Trinajstić information content (AvgIpc) is 3.08. The quantitative estimate of drug-likeness (QED) is 0.614. The Labute approximate surface area is 137 Å². The normalized spacial score (nSPS) is 22.8. The third kappa shape index (κ3) is 3.48. The van der Waals surface area contributed by atoms with Crippen molar-refractivity contribution in [2.75, 3.05) is 24.6 Å². The topological polar surface area (TPSA) is 55.6 Å². The lowest BCUT2D eigenvalue weighted by atomic mass is 9.89. The molecular weight excluding hydrogens is 325 g/mol. The Hall–Kier alpha value is -1.83. The van der Waals surface area contributed by atoms with E-state index in [9.17, 15) is 23.3 Å². The molecular formula is C16H19F3N2O3. The summed E-state index contributed by atoms with van der Waals surface area (Å²) in [6, 6.07) is 2.75. The molecule has 0 radical (unpaired) electrons. The fourth-order valence-corrected chi connectivity index (χ4v) is 3.60. The highest BCUT2D eigenvalue weighted by atomic mass is 19.4. The van der Waals surface area contributed by atoms with Gasteiger partial charge in [-0.3, -0.25) is 10.1 Å². The third-order valence-corrected chi connectivity index (χ3v) is 4.87. The molecule has 1 aromatic carbocycles. The number of nitro groups is 1. The Morgan fingerprint density at radius 2 is 1.92 bits per heavy atom. The number of piperidine rings is 1. The van der Waals surface area contributed by atoms with Crippen LogP contribution in [0, 0.1) is 16.0 Å². The standard InChI is InChI=1S/C16H19F3N2O3/c17-16(18,19)12-3-4-13(14(10-12)21(22)23)20-7-5-11(6-8-20)15-2-1-9-24-15/h3-4,10-11,15H,1-2,5-9H2. The first kappa shape index (κ1) is 17.0. The Bertz CT molecular complexity index is 607. The van der Waals surface area contributed by atoms with Crippen molar-refractivity contribution in [3.8, 4) is 0 Å². The van der Waals surface area contributed by atoms with Crippen LogP contribution >= 0.6 is 0 Å². The van der Waals surface area contributed by atoms with Gasteiger partial charge in [-0.05, 0) is 43.7 Å². The summed E-state index contributed by atoms with van der Waals surface area (Å²) in [7, 11) is 0. The Kier molecular flexibility index (Phi) is 4.67. The largest absolute Gasteiger partial charge is 0.416 e. The molecule has 0 aliphatic carbocycles. The van der Waals surface area contributed by atoms with Gasteiger partial charge in [0.25, 0.3) is 5.69 Å². The molecule has 0 bridgehead atoms. The fourth-order valence-electron chi connectivity index (χ4n) is 3.60. The van der Waals surface area contributed by atoms with Crippen LogP contribution in [-0.2, 0) is 10.9 Å². The van der Waals surface area contributed by atoms with Crippen molar-refractivity contribution in [1.29, 1.82) is 0 Å². The first-order valence-electron chi connectivity index (χ1n) is 8.08. The highest BCUT2D eigenvalue weighted by Gasteiger charge is 2.35. The van der Waals surface area contributed by atoms with E-state index in [0.29, 0.717) is 25.1 Å². The molecule has 2 aliphatic heterocycles. The van der Waals surface area contributed by atoms with Crippen LogP contribution in [-0.4, -0.2) is 30.7 Å². The summed E-state index contributed by atoms with van der Waals surface area (Å²) in [5, 5.41) is 11.2. The highest BCUT2D eigenvalue weighted by molar-refractivity contribution is 5.64. The molecule has 5 nitrogen and oxygen atoms in total. The number of anilines is 1. The molecule has 1 aromatic rings. The van der Waals surface area contributed by atoms with Crippen molar-refractivity contribution >= 4 is 11.4 Å². The van der Waals surface area contributed by atoms with E-state index in [1.165, 1.54) is 6.07 Å². The van der Waals surface area contributed by atoms with E-state index >= 15 is 0 Å². The predicted octanol–water partition coefficient (Wildman–Crippen LogP) is 4.01. The van der Waals surface area contributed by atoms with Crippen LogP contribution in [0.5, 0.6) is 0 Å². The van der Waals surface area contributed by atoms with Gasteiger partial charge in [0, 0.05) is 25.8 Å². The smallest absolute Gasteiger partial charge is 0.378 e. The molecule has 2 aliphatic rings. The summed E-state index contributed by atoms with van der Waals surface area (Å²) >= 11 is 0. The number of alkyl halides is 3. The predicted molar refractivity (Wildman–Crippen MR) is 82.0 cm³/mol. The number of rotatable bonds is 3. The van der Waals surface area contributed by atoms with Gasteiger partial charge >= 0.3 is 6.18 Å². The molecule has 132 valence electrons. The van der Waals surface area contributed by atoms with E-state index in [2.05, 4.69) is 0 Å². The molecule has 2 heterocycles. The van der Waals surface area contributed by atoms with E-state index in [1.807, 2.05) is 4.90 Å². The lowest BCUT2D eigenvalue weighted by Gasteiger charge is -2.35. The first-order chi connectivity index (χ1) is 11.4. The summed E-state index contributed by atoms with van der Waals surface area (Å²) < 4.78 is 44.0. The van der Waals surface area contributed by atoms with Crippen LogP contribution in [0.3, 0.4) is 0 Å². The third-order valence-electron chi connectivity index (χ3n) is 4.87. The second-order valence-corrected chi connectivity index (χ2v) is 6.33. The molecule has 0 saturated carbocycles. The van der Waals surface area contributed by atoms with E-state index < -0.39 is 22.4 Å². The van der Waals surface area contributed by atoms with E-state index in [1.54, 1.807) is 0 Å². The summed E-state index contributed by atoms with van der Waals surface area (Å²) in [5.41, 5.74) is -1.22. The van der Waals surface area contributed by atoms with Crippen molar-refractivity contribution in [2.24, 2.45) is 5.92 Å². The van der Waals surface area contributed by atoms with Crippen LogP contribution in [0.15, 0.2) is 18.2 Å². The summed E-state index contributed by atoms with van der Waals surface area (Å²) in [4.78, 5) is 12.3. The van der Waals surface area contributed by atoms with Crippen molar-refractivity contribution in [2.45, 2.75) is 38.0 Å². The van der Waals surface area contributed by atoms with Crippen molar-refractivity contribution in [3.05, 3.63) is 33.9 Å². The van der Waals surface area contributed by atoms with Gasteiger partial charge in [-0.25, -0.2) is 0 Å². The maximum Gasteiger partial charge on any atom is 0.416 e. The minimum Gasteiger partial charge on any atom is -0.378 e. The van der Waals surface area contributed by atoms with E-state index in [4.69, 9.17) is 4.74 Å². The molecule has 0 spiro atoms. The van der Waals surface area contributed by atoms with E-state index in [-0.39, 0.29) is 11.8 Å². The number of halogens is 3. The van der Waals surface area contributed by atoms with Gasteiger partial charge in [-0.15, -0.1) is 0 Å². The van der Waals surface area contributed by atoms with Crippen LogP contribution < -0.4 is 4.90 Å². The Balaban J connectivity index is 1.76. The Morgan fingerprint density at radius 3 is 2.46 bits per heavy atom. The first-order valence-corrected chi connectivity index (χ1v) is 8.08. The van der Waals surface area contributed by atoms with Crippen LogP contribution in [0.25, 0.3) is 0 Å². The molecule has 3 rings (SSSR count). The molecule has 0 amide bonds. The second-order valence-electron chi connectivity index (χ2n) is 6.33. The van der Waals surface area contributed by atoms with Gasteiger partial charge < -0.3 is 9.64 Å². The molecule has 0 N–H and O–H groups in total. The monoisotopic (exact) mass is 344 g/mol. The van der Waals surface area contributed by atoms with Crippen LogP contribution in [0.4, 0.5) is 24.5 Å². The number of hydrogen-bond donors (Lipinski definition) is 0. The van der Waals surface area contributed by atoms with Gasteiger partial charge in [0.1, 0.15) is 5.69 Å². The summed E-state index contributed by atoms with van der Waals surface area (Å²) in [5.74, 6) is 0.428. The zero-order valence-corrected chi connectivity index (χ0v) is 13.1. The summed E-state index contributed by atoms with van der Waals surface area (Å²) in [6.45, 7) is 1.97. The minimum atomic E-state index is -4.59. The second kappa shape index (κ2) is 6.58. The van der Waals surface area contributed by atoms with Gasteiger partial charge in [0.05, 0.1) is 16.6 Å². The molecule has 8 heteroatoms. The molecule has 1 unspecified atom stereocenters. The maximum absolute atomic E-state index is 12.8. The summed E-state index contributed by atoms with van der Waals surface area (Å²) in [6.07, 6.45) is -0.544. The molecule has 24 heavy (non-hydrogen) atoms. The number of hydrogen-bond acceptors (Lipinski definition) is 4. The maximum atomic E-state index is 12.8. The number of nitro benzene ring substituents is 1. The Morgan fingerprint density at radius 1 is 1.21 bits per heavy atom. The van der Waals surface area contributed by atoms with Crippen molar-refractivity contribution < 1.29 is 22.8 Å². The van der Waals surface area contributed by atoms with Crippen molar-refractivity contribution in [1.82, 2.24) is 0 Å². The molecule has 2 saturated heterocycles. The zero-order chi connectivity index (χ0) is 17.3. The van der Waals surface area contributed by atoms with Crippen LogP contribution in [0.2, 0.25) is 0 Å². The van der Waals surface area contributed by atoms with Crippen molar-refractivity contribution in [3.63, 3.8) is 0 Å². The van der Waals surface area contributed by atoms with Crippen LogP contribution in [0.1, 0.15) is 31.2 Å². The number of benzene rings is 1. The van der Waals surface area contributed by atoms with Gasteiger partial charge in [0.2, 0.25) is 0 Å². The molecule has 0 aromatic heterocycles. The number of ether oxygens (including phenoxy) is 1. The average molecular weight is 344 g/mol. The van der Waals surface area contributed by atoms with Gasteiger partial charge in [-0.1, -0.05) is 0 Å². The fraction of sp³-hybridized carbons (Fsp3) is 0.625. The zero-order valence-electron chi connectivity index (χ0n) is 13.1. The SMILES string of the molecule is O=[N+]([O-])c1cc(C(F)(F)F)ccc1N1CCC(C2CCCO2)CC1. The van der Waals surface area contributed by atoms with Gasteiger partial charge in [-0.2, -0.15) is 13.2 Å². The van der Waals surface area contributed by atoms with Gasteiger partial charge in [0.15, 0.2) is 0 Å². The molecule has 1 atom stereocenters. The lowest BCUT2D eigenvalue weighted by molar-refractivity contribution is -0.384. The molecule has 2 fully saturated rings. The highest BCUT2D eigenvalue weighted by Crippen LogP contribution is 2.38. The minimum absolute atomic E-state index is 0.259. The van der Waals surface area contributed by atoms with E-state index in [0.717, 1.165) is 38.4 Å².